The Balaban J connectivity index is 1.65. The van der Waals surface area contributed by atoms with Gasteiger partial charge in [-0.3, -0.25) is 14.5 Å². The van der Waals surface area contributed by atoms with Crippen LogP contribution >= 0.6 is 11.6 Å². The number of carbonyl (C=O) groups excluding carboxylic acids is 2. The molecule has 4 rings (SSSR count). The molecular formula is C24H25ClN2O4. The van der Waals surface area contributed by atoms with E-state index in [1.54, 1.807) is 53.4 Å². The van der Waals surface area contributed by atoms with Gasteiger partial charge < -0.3 is 14.7 Å². The highest BCUT2D eigenvalue weighted by molar-refractivity contribution is 6.46. The summed E-state index contributed by atoms with van der Waals surface area (Å²) in [5.41, 5.74) is 1.37. The number of nitrogens with zero attached hydrogens (tertiary/aromatic N) is 2. The van der Waals surface area contributed by atoms with E-state index in [9.17, 15) is 14.7 Å². The maximum absolute atomic E-state index is 13.0. The van der Waals surface area contributed by atoms with Gasteiger partial charge in [-0.05, 0) is 24.1 Å². The van der Waals surface area contributed by atoms with E-state index in [-0.39, 0.29) is 11.3 Å². The molecule has 1 amide bonds. The van der Waals surface area contributed by atoms with Crippen LogP contribution in [0.4, 0.5) is 0 Å². The van der Waals surface area contributed by atoms with Gasteiger partial charge in [-0.15, -0.1) is 0 Å². The molecule has 2 heterocycles. The Morgan fingerprint density at radius 2 is 1.68 bits per heavy atom. The van der Waals surface area contributed by atoms with Crippen LogP contribution < -0.4 is 0 Å². The molecule has 2 aromatic carbocycles. The lowest BCUT2D eigenvalue weighted by atomic mass is 9.95. The van der Waals surface area contributed by atoms with Crippen molar-refractivity contribution >= 4 is 29.1 Å². The number of halogens is 1. The normalized spacial score (nSPS) is 21.6. The molecule has 2 saturated heterocycles. The minimum absolute atomic E-state index is 0.116. The third-order valence-corrected chi connectivity index (χ3v) is 6.00. The number of ketones is 1. The summed E-state index contributed by atoms with van der Waals surface area (Å²) in [6.45, 7) is 4.40. The molecule has 2 aliphatic heterocycles. The van der Waals surface area contributed by atoms with Crippen LogP contribution in [-0.4, -0.2) is 66.0 Å². The van der Waals surface area contributed by atoms with Crippen LogP contribution in [0.1, 0.15) is 23.6 Å². The Bertz CT molecular complexity index is 969. The number of aliphatic hydroxyl groups excluding tert-OH is 1. The fourth-order valence-electron chi connectivity index (χ4n) is 4.14. The second-order valence-electron chi connectivity index (χ2n) is 7.72. The van der Waals surface area contributed by atoms with Gasteiger partial charge in [-0.25, -0.2) is 0 Å². The minimum Gasteiger partial charge on any atom is -0.507 e. The van der Waals surface area contributed by atoms with Gasteiger partial charge in [0.25, 0.3) is 11.7 Å². The van der Waals surface area contributed by atoms with Crippen LogP contribution in [0.2, 0.25) is 5.02 Å². The number of aliphatic hydroxyl groups is 1. The molecule has 7 heteroatoms. The number of amides is 1. The summed E-state index contributed by atoms with van der Waals surface area (Å²) in [6, 6.07) is 15.2. The molecule has 1 atom stereocenters. The summed E-state index contributed by atoms with van der Waals surface area (Å²) in [4.78, 5) is 29.8. The van der Waals surface area contributed by atoms with E-state index < -0.39 is 17.7 Å². The zero-order chi connectivity index (χ0) is 21.8. The highest BCUT2D eigenvalue weighted by Gasteiger charge is 2.45. The van der Waals surface area contributed by atoms with Crippen molar-refractivity contribution in [3.63, 3.8) is 0 Å². The number of hydrogen-bond donors (Lipinski definition) is 1. The van der Waals surface area contributed by atoms with E-state index in [0.717, 1.165) is 31.6 Å². The van der Waals surface area contributed by atoms with Crippen molar-refractivity contribution in [3.05, 3.63) is 76.3 Å². The maximum atomic E-state index is 13.0. The number of morpholine rings is 1. The topological polar surface area (TPSA) is 70.1 Å². The maximum Gasteiger partial charge on any atom is 0.295 e. The molecule has 0 aliphatic carbocycles. The Kier molecular flexibility index (Phi) is 6.70. The standard InChI is InChI=1S/C24H25ClN2O4/c25-19-9-7-17(8-10-19)21-20(22(28)18-5-2-1-3-6-18)23(29)24(30)27(21)12-4-11-26-13-15-31-16-14-26/h1-3,5-10,21,28H,4,11-16H2/t21-/m1/s1. The Morgan fingerprint density at radius 3 is 2.35 bits per heavy atom. The third-order valence-electron chi connectivity index (χ3n) is 5.75. The predicted octanol–water partition coefficient (Wildman–Crippen LogP) is 3.48. The first-order valence-corrected chi connectivity index (χ1v) is 10.8. The molecule has 0 bridgehead atoms. The van der Waals surface area contributed by atoms with Crippen LogP contribution in [0.3, 0.4) is 0 Å². The lowest BCUT2D eigenvalue weighted by Crippen LogP contribution is -2.38. The summed E-state index contributed by atoms with van der Waals surface area (Å²) in [6.07, 6.45) is 0.725. The first kappa shape index (κ1) is 21.6. The summed E-state index contributed by atoms with van der Waals surface area (Å²) in [5.74, 6) is -1.40. The molecule has 0 saturated carbocycles. The van der Waals surface area contributed by atoms with Crippen LogP contribution in [0.5, 0.6) is 0 Å². The number of likely N-dealkylation sites (tertiary alicyclic amines) is 1. The molecule has 162 valence electrons. The molecule has 6 nitrogen and oxygen atoms in total. The van der Waals surface area contributed by atoms with Gasteiger partial charge in [0.15, 0.2) is 0 Å². The lowest BCUT2D eigenvalue weighted by molar-refractivity contribution is -0.140. The van der Waals surface area contributed by atoms with E-state index in [1.165, 1.54) is 0 Å². The van der Waals surface area contributed by atoms with Gasteiger partial charge in [-0.2, -0.15) is 0 Å². The largest absolute Gasteiger partial charge is 0.507 e. The molecule has 0 aromatic heterocycles. The second-order valence-corrected chi connectivity index (χ2v) is 8.15. The summed E-state index contributed by atoms with van der Waals surface area (Å²) in [7, 11) is 0. The summed E-state index contributed by atoms with van der Waals surface area (Å²) < 4.78 is 5.38. The molecule has 2 aliphatic rings. The number of hydrogen-bond acceptors (Lipinski definition) is 5. The van der Waals surface area contributed by atoms with E-state index in [2.05, 4.69) is 4.90 Å². The Labute approximate surface area is 186 Å². The smallest absolute Gasteiger partial charge is 0.295 e. The number of ether oxygens (including phenoxy) is 1. The highest BCUT2D eigenvalue weighted by Crippen LogP contribution is 2.39. The summed E-state index contributed by atoms with van der Waals surface area (Å²) >= 11 is 6.05. The van der Waals surface area contributed by atoms with Crippen molar-refractivity contribution in [2.75, 3.05) is 39.4 Å². The summed E-state index contributed by atoms with van der Waals surface area (Å²) in [5, 5.41) is 11.5. The van der Waals surface area contributed by atoms with Crippen molar-refractivity contribution < 1.29 is 19.4 Å². The molecule has 0 radical (unpaired) electrons. The van der Waals surface area contributed by atoms with Gasteiger partial charge in [0.05, 0.1) is 24.8 Å². The third kappa shape index (κ3) is 4.66. The molecule has 0 unspecified atom stereocenters. The lowest BCUT2D eigenvalue weighted by Gasteiger charge is -2.29. The van der Waals surface area contributed by atoms with Crippen molar-refractivity contribution in [1.29, 1.82) is 0 Å². The molecule has 2 aromatic rings. The van der Waals surface area contributed by atoms with Crippen LogP contribution in [0.25, 0.3) is 5.76 Å². The van der Waals surface area contributed by atoms with Gasteiger partial charge in [-0.1, -0.05) is 54.1 Å². The van der Waals surface area contributed by atoms with Gasteiger partial charge >= 0.3 is 0 Å². The van der Waals surface area contributed by atoms with E-state index in [0.29, 0.717) is 30.3 Å². The SMILES string of the molecule is O=C1C(=O)N(CCCN2CCOCC2)[C@H](c2ccc(Cl)cc2)C1=C(O)c1ccccc1. The number of benzene rings is 2. The zero-order valence-corrected chi connectivity index (χ0v) is 17.9. The van der Waals surface area contributed by atoms with Gasteiger partial charge in [0, 0.05) is 36.8 Å². The molecule has 31 heavy (non-hydrogen) atoms. The number of rotatable bonds is 6. The van der Waals surface area contributed by atoms with E-state index in [1.807, 2.05) is 6.07 Å². The Morgan fingerprint density at radius 1 is 1.00 bits per heavy atom. The second kappa shape index (κ2) is 9.64. The van der Waals surface area contributed by atoms with Crippen molar-refractivity contribution in [2.24, 2.45) is 0 Å². The van der Waals surface area contributed by atoms with Crippen molar-refractivity contribution in [3.8, 4) is 0 Å². The predicted molar refractivity (Wildman–Crippen MR) is 119 cm³/mol. The Hall–Kier alpha value is -2.67. The zero-order valence-electron chi connectivity index (χ0n) is 17.2. The highest BCUT2D eigenvalue weighted by atomic mass is 35.5. The number of Topliss-reactive ketones (excluding diaryl/α,β-unsaturated/α-hetero) is 1. The molecule has 1 N–H and O–H groups in total. The monoisotopic (exact) mass is 440 g/mol. The minimum atomic E-state index is -0.660. The average Bonchev–Trinajstić information content (AvgIpc) is 3.05. The van der Waals surface area contributed by atoms with Crippen molar-refractivity contribution in [1.82, 2.24) is 9.80 Å². The van der Waals surface area contributed by atoms with Gasteiger partial charge in [0.2, 0.25) is 0 Å². The molecule has 2 fully saturated rings. The fraction of sp³-hybridized carbons (Fsp3) is 0.333. The van der Waals surface area contributed by atoms with E-state index >= 15 is 0 Å². The fourth-order valence-corrected chi connectivity index (χ4v) is 4.27. The molecule has 0 spiro atoms. The van der Waals surface area contributed by atoms with Gasteiger partial charge in [0.1, 0.15) is 5.76 Å². The first-order valence-electron chi connectivity index (χ1n) is 10.5. The van der Waals surface area contributed by atoms with Crippen LogP contribution in [-0.2, 0) is 14.3 Å². The van der Waals surface area contributed by atoms with Crippen molar-refractivity contribution in [2.45, 2.75) is 12.5 Å². The quantitative estimate of drug-likeness (QED) is 0.423. The van der Waals surface area contributed by atoms with Crippen LogP contribution in [0, 0.1) is 0 Å². The molecular weight excluding hydrogens is 416 g/mol. The van der Waals surface area contributed by atoms with Crippen LogP contribution in [0.15, 0.2) is 60.2 Å². The first-order chi connectivity index (χ1) is 15.1. The average molecular weight is 441 g/mol. The van der Waals surface area contributed by atoms with E-state index in [4.69, 9.17) is 16.3 Å². The number of carbonyl (C=O) groups is 2.